The van der Waals surface area contributed by atoms with E-state index >= 15 is 0 Å². The van der Waals surface area contributed by atoms with Crippen molar-refractivity contribution < 1.29 is 0 Å². The predicted octanol–water partition coefficient (Wildman–Crippen LogP) is 1.40. The third-order valence-electron chi connectivity index (χ3n) is 4.77. The van der Waals surface area contributed by atoms with E-state index in [2.05, 4.69) is 36.3 Å². The Bertz CT molecular complexity index is 232. The van der Waals surface area contributed by atoms with E-state index in [1.165, 1.54) is 51.7 Å². The lowest BCUT2D eigenvalue weighted by atomic mass is 10.0. The van der Waals surface area contributed by atoms with Crippen molar-refractivity contribution in [2.24, 2.45) is 5.92 Å². The zero-order valence-electron chi connectivity index (χ0n) is 11.8. The Balaban J connectivity index is 1.74. The topological polar surface area (TPSA) is 18.5 Å². The molecule has 1 saturated heterocycles. The van der Waals surface area contributed by atoms with Gasteiger partial charge in [-0.3, -0.25) is 0 Å². The molecule has 0 amide bonds. The van der Waals surface area contributed by atoms with Gasteiger partial charge in [0.2, 0.25) is 0 Å². The number of hydrogen-bond acceptors (Lipinski definition) is 3. The molecule has 3 unspecified atom stereocenters. The summed E-state index contributed by atoms with van der Waals surface area (Å²) in [5.41, 5.74) is 0. The number of likely N-dealkylation sites (tertiary alicyclic amines) is 1. The van der Waals surface area contributed by atoms with Crippen LogP contribution >= 0.6 is 0 Å². The van der Waals surface area contributed by atoms with Gasteiger partial charge in [-0.2, -0.15) is 0 Å². The maximum absolute atomic E-state index is 3.48. The van der Waals surface area contributed by atoms with Crippen molar-refractivity contribution in [3.8, 4) is 0 Å². The molecule has 100 valence electrons. The highest BCUT2D eigenvalue weighted by atomic mass is 15.2. The Kier molecular flexibility index (Phi) is 4.83. The van der Waals surface area contributed by atoms with E-state index in [0.29, 0.717) is 0 Å². The molecule has 2 aliphatic rings. The Morgan fingerprint density at radius 1 is 1.18 bits per heavy atom. The highest BCUT2D eigenvalue weighted by molar-refractivity contribution is 4.85. The summed E-state index contributed by atoms with van der Waals surface area (Å²) < 4.78 is 0. The summed E-state index contributed by atoms with van der Waals surface area (Å²) in [7, 11) is 6.70. The minimum atomic E-state index is 0.763. The summed E-state index contributed by atoms with van der Waals surface area (Å²) in [5.74, 6) is 0.872. The predicted molar refractivity (Wildman–Crippen MR) is 73.3 cm³/mol. The van der Waals surface area contributed by atoms with Gasteiger partial charge in [0.1, 0.15) is 0 Å². The van der Waals surface area contributed by atoms with Gasteiger partial charge < -0.3 is 15.1 Å². The summed E-state index contributed by atoms with van der Waals surface area (Å²) in [4.78, 5) is 5.09. The number of nitrogens with zero attached hydrogens (tertiary/aromatic N) is 2. The molecular formula is C14H29N3. The monoisotopic (exact) mass is 239 g/mol. The first-order valence-electron chi connectivity index (χ1n) is 7.26. The van der Waals surface area contributed by atoms with Gasteiger partial charge in [-0.15, -0.1) is 0 Å². The molecule has 3 heteroatoms. The van der Waals surface area contributed by atoms with E-state index < -0.39 is 0 Å². The molecule has 3 nitrogen and oxygen atoms in total. The first-order valence-corrected chi connectivity index (χ1v) is 7.26. The van der Waals surface area contributed by atoms with Gasteiger partial charge >= 0.3 is 0 Å². The highest BCUT2D eigenvalue weighted by Gasteiger charge is 2.28. The zero-order chi connectivity index (χ0) is 12.3. The number of nitrogens with one attached hydrogen (secondary N) is 1. The van der Waals surface area contributed by atoms with Crippen molar-refractivity contribution in [2.75, 3.05) is 40.8 Å². The second-order valence-electron chi connectivity index (χ2n) is 6.08. The second-order valence-corrected chi connectivity index (χ2v) is 6.08. The molecule has 1 aliphatic heterocycles. The third-order valence-corrected chi connectivity index (χ3v) is 4.77. The van der Waals surface area contributed by atoms with Crippen LogP contribution in [0, 0.1) is 5.92 Å². The fourth-order valence-corrected chi connectivity index (χ4v) is 3.68. The third kappa shape index (κ3) is 3.43. The molecule has 2 rings (SSSR count). The Labute approximate surface area is 107 Å². The van der Waals surface area contributed by atoms with Crippen molar-refractivity contribution >= 4 is 0 Å². The molecule has 2 fully saturated rings. The van der Waals surface area contributed by atoms with Crippen LogP contribution in [0.2, 0.25) is 0 Å². The quantitative estimate of drug-likeness (QED) is 0.782. The zero-order valence-corrected chi connectivity index (χ0v) is 11.8. The normalized spacial score (nSPS) is 34.9. The summed E-state index contributed by atoms with van der Waals surface area (Å²) in [6.07, 6.45) is 6.97. The largest absolute Gasteiger partial charge is 0.317 e. The van der Waals surface area contributed by atoms with Crippen LogP contribution < -0.4 is 5.32 Å². The van der Waals surface area contributed by atoms with Crippen molar-refractivity contribution in [1.29, 1.82) is 0 Å². The Hall–Kier alpha value is -0.120. The molecule has 1 saturated carbocycles. The van der Waals surface area contributed by atoms with E-state index in [0.717, 1.165) is 18.0 Å². The SMILES string of the molecule is CNC1CCCC1CN(C)CC1CCCN1C. The average Bonchev–Trinajstić information content (AvgIpc) is 2.89. The second kappa shape index (κ2) is 6.17. The standard InChI is InChI=1S/C14H29N3/c1-15-14-8-4-6-12(14)10-16(2)11-13-7-5-9-17(13)3/h12-15H,4-11H2,1-3H3. The van der Waals surface area contributed by atoms with E-state index in [-0.39, 0.29) is 0 Å². The fraction of sp³-hybridized carbons (Fsp3) is 1.00. The molecule has 0 bridgehead atoms. The maximum Gasteiger partial charge on any atom is 0.0220 e. The van der Waals surface area contributed by atoms with Crippen LogP contribution in [0.4, 0.5) is 0 Å². The van der Waals surface area contributed by atoms with Crippen LogP contribution in [0.1, 0.15) is 32.1 Å². The van der Waals surface area contributed by atoms with Crippen LogP contribution in [-0.4, -0.2) is 62.7 Å². The smallest absolute Gasteiger partial charge is 0.0220 e. The number of hydrogen-bond donors (Lipinski definition) is 1. The van der Waals surface area contributed by atoms with Crippen LogP contribution in [0.15, 0.2) is 0 Å². The molecule has 1 heterocycles. The van der Waals surface area contributed by atoms with E-state index in [1.807, 2.05) is 0 Å². The summed E-state index contributed by atoms with van der Waals surface area (Å²) >= 11 is 0. The van der Waals surface area contributed by atoms with Gasteiger partial charge in [-0.25, -0.2) is 0 Å². The number of rotatable bonds is 5. The first kappa shape index (κ1) is 13.3. The summed E-state index contributed by atoms with van der Waals surface area (Å²) in [5, 5.41) is 3.48. The highest BCUT2D eigenvalue weighted by Crippen LogP contribution is 2.26. The minimum Gasteiger partial charge on any atom is -0.317 e. The molecule has 3 atom stereocenters. The lowest BCUT2D eigenvalue weighted by Gasteiger charge is -2.29. The van der Waals surface area contributed by atoms with E-state index in [4.69, 9.17) is 0 Å². The van der Waals surface area contributed by atoms with Crippen molar-refractivity contribution in [3.63, 3.8) is 0 Å². The minimum absolute atomic E-state index is 0.763. The molecule has 0 spiro atoms. The van der Waals surface area contributed by atoms with Gasteiger partial charge in [0, 0.05) is 25.2 Å². The van der Waals surface area contributed by atoms with Gasteiger partial charge in [-0.05, 0) is 59.3 Å². The van der Waals surface area contributed by atoms with Crippen LogP contribution in [0.5, 0.6) is 0 Å². The lowest BCUT2D eigenvalue weighted by molar-refractivity contribution is 0.192. The van der Waals surface area contributed by atoms with Crippen molar-refractivity contribution in [1.82, 2.24) is 15.1 Å². The van der Waals surface area contributed by atoms with Gasteiger partial charge in [0.05, 0.1) is 0 Å². The lowest BCUT2D eigenvalue weighted by Crippen LogP contribution is -2.41. The van der Waals surface area contributed by atoms with Crippen molar-refractivity contribution in [3.05, 3.63) is 0 Å². The van der Waals surface area contributed by atoms with Crippen LogP contribution in [-0.2, 0) is 0 Å². The summed E-state index contributed by atoms with van der Waals surface area (Å²) in [6, 6.07) is 1.56. The van der Waals surface area contributed by atoms with Crippen LogP contribution in [0.3, 0.4) is 0 Å². The molecule has 0 aromatic carbocycles. The molecule has 0 radical (unpaired) electrons. The fourth-order valence-electron chi connectivity index (χ4n) is 3.68. The van der Waals surface area contributed by atoms with Gasteiger partial charge in [0.15, 0.2) is 0 Å². The number of likely N-dealkylation sites (N-methyl/N-ethyl adjacent to an activating group) is 2. The van der Waals surface area contributed by atoms with E-state index in [9.17, 15) is 0 Å². The molecule has 0 aromatic rings. The molecule has 1 aliphatic carbocycles. The first-order chi connectivity index (χ1) is 8.20. The molecular weight excluding hydrogens is 210 g/mol. The molecule has 0 aromatic heterocycles. The van der Waals surface area contributed by atoms with Gasteiger partial charge in [-0.1, -0.05) is 6.42 Å². The van der Waals surface area contributed by atoms with Crippen molar-refractivity contribution in [2.45, 2.75) is 44.2 Å². The summed E-state index contributed by atoms with van der Waals surface area (Å²) in [6.45, 7) is 3.82. The maximum atomic E-state index is 3.48. The van der Waals surface area contributed by atoms with Crippen LogP contribution in [0.25, 0.3) is 0 Å². The molecule has 17 heavy (non-hydrogen) atoms. The Morgan fingerprint density at radius 2 is 2.00 bits per heavy atom. The van der Waals surface area contributed by atoms with E-state index in [1.54, 1.807) is 0 Å². The Morgan fingerprint density at radius 3 is 2.65 bits per heavy atom. The molecule has 1 N–H and O–H groups in total. The average molecular weight is 239 g/mol. The van der Waals surface area contributed by atoms with Gasteiger partial charge in [0.25, 0.3) is 0 Å².